The van der Waals surface area contributed by atoms with Crippen molar-refractivity contribution in [2.75, 3.05) is 31.2 Å². The third kappa shape index (κ3) is 3.85. The number of ether oxygens (including phenoxy) is 1. The summed E-state index contributed by atoms with van der Waals surface area (Å²) in [5, 5.41) is 19.5. The van der Waals surface area contributed by atoms with Crippen LogP contribution in [0.3, 0.4) is 0 Å². The Labute approximate surface area is 191 Å². The summed E-state index contributed by atoms with van der Waals surface area (Å²) in [6, 6.07) is 14.5. The lowest BCUT2D eigenvalue weighted by atomic mass is 10.1. The van der Waals surface area contributed by atoms with Crippen LogP contribution in [0.5, 0.6) is 0 Å². The number of para-hydroxylation sites is 1. The number of nitrogens with zero attached hydrogens (tertiary/aromatic N) is 4. The van der Waals surface area contributed by atoms with Gasteiger partial charge in [-0.2, -0.15) is 0 Å². The molecule has 32 heavy (non-hydrogen) atoms. The van der Waals surface area contributed by atoms with E-state index in [4.69, 9.17) is 4.74 Å². The lowest BCUT2D eigenvalue weighted by Crippen LogP contribution is -2.37. The minimum absolute atomic E-state index is 0.150. The van der Waals surface area contributed by atoms with Crippen LogP contribution in [0.15, 0.2) is 53.7 Å². The first-order valence-electron chi connectivity index (χ1n) is 10.0. The summed E-state index contributed by atoms with van der Waals surface area (Å²) in [7, 11) is 0. The number of carbonyl (C=O) groups is 1. The molecule has 5 rings (SSSR count). The Morgan fingerprint density at radius 2 is 1.91 bits per heavy atom. The molecule has 0 radical (unpaired) electrons. The van der Waals surface area contributed by atoms with Crippen LogP contribution in [0, 0.1) is 5.82 Å². The maximum absolute atomic E-state index is 14.6. The predicted octanol–water partition coefficient (Wildman–Crippen LogP) is 4.45. The van der Waals surface area contributed by atoms with E-state index in [0.717, 1.165) is 17.0 Å². The minimum atomic E-state index is -1.06. The number of aromatic nitrogens is 3. The fourth-order valence-corrected chi connectivity index (χ4v) is 5.88. The number of thioether (sulfide) groups is 1. The van der Waals surface area contributed by atoms with Gasteiger partial charge < -0.3 is 14.7 Å². The van der Waals surface area contributed by atoms with Gasteiger partial charge in [0.05, 0.1) is 18.9 Å². The van der Waals surface area contributed by atoms with Crippen LogP contribution in [0.2, 0.25) is 0 Å². The van der Waals surface area contributed by atoms with Gasteiger partial charge in [-0.05, 0) is 29.8 Å². The van der Waals surface area contributed by atoms with Crippen LogP contribution in [-0.4, -0.2) is 52.1 Å². The van der Waals surface area contributed by atoms with Crippen molar-refractivity contribution in [2.24, 2.45) is 0 Å². The molecular weight excluding hydrogens is 451 g/mol. The fraction of sp³-hybridized carbons (Fsp3) is 0.227. The normalized spacial score (nSPS) is 14.2. The molecule has 164 valence electrons. The second kappa shape index (κ2) is 8.89. The first kappa shape index (κ1) is 20.9. The van der Waals surface area contributed by atoms with Gasteiger partial charge in [0.2, 0.25) is 5.95 Å². The summed E-state index contributed by atoms with van der Waals surface area (Å²) >= 11 is 2.44. The van der Waals surface area contributed by atoms with E-state index in [1.807, 2.05) is 34.9 Å². The zero-order valence-electron chi connectivity index (χ0n) is 16.9. The molecule has 0 unspecified atom stereocenters. The third-order valence-electron chi connectivity index (χ3n) is 5.23. The molecule has 2 aromatic carbocycles. The monoisotopic (exact) mass is 470 g/mol. The molecule has 1 N–H and O–H groups in total. The Morgan fingerprint density at radius 3 is 2.66 bits per heavy atom. The van der Waals surface area contributed by atoms with E-state index in [-0.39, 0.29) is 10.6 Å². The summed E-state index contributed by atoms with van der Waals surface area (Å²) in [6.07, 6.45) is 0. The molecule has 1 aliphatic heterocycles. The quantitative estimate of drug-likeness (QED) is 0.417. The van der Waals surface area contributed by atoms with Crippen LogP contribution in [-0.2, 0) is 10.5 Å². The average molecular weight is 471 g/mol. The van der Waals surface area contributed by atoms with Crippen LogP contribution in [0.4, 0.5) is 10.3 Å². The molecule has 0 bridgehead atoms. The molecule has 10 heteroatoms. The van der Waals surface area contributed by atoms with Crippen LogP contribution < -0.4 is 4.90 Å². The van der Waals surface area contributed by atoms with Gasteiger partial charge in [-0.15, -0.1) is 21.5 Å². The minimum Gasteiger partial charge on any atom is -0.477 e. The van der Waals surface area contributed by atoms with Gasteiger partial charge >= 0.3 is 5.97 Å². The zero-order valence-corrected chi connectivity index (χ0v) is 18.5. The molecule has 0 saturated carbocycles. The maximum atomic E-state index is 14.6. The number of halogens is 1. The van der Waals surface area contributed by atoms with E-state index in [1.54, 1.807) is 12.1 Å². The van der Waals surface area contributed by atoms with E-state index in [9.17, 15) is 14.3 Å². The van der Waals surface area contributed by atoms with Crippen molar-refractivity contribution in [1.29, 1.82) is 0 Å². The molecule has 7 nitrogen and oxygen atoms in total. The van der Waals surface area contributed by atoms with Crippen molar-refractivity contribution in [3.63, 3.8) is 0 Å². The number of fused-ring (bicyclic) bond motifs is 1. The summed E-state index contributed by atoms with van der Waals surface area (Å²) in [6.45, 7) is 2.65. The highest BCUT2D eigenvalue weighted by atomic mass is 32.2. The number of hydrogen-bond donors (Lipinski definition) is 1. The Balaban J connectivity index is 1.54. The maximum Gasteiger partial charge on any atom is 0.346 e. The van der Waals surface area contributed by atoms with Gasteiger partial charge in [-0.25, -0.2) is 9.18 Å². The number of hydrogen-bond acceptors (Lipinski definition) is 7. The molecule has 0 amide bonds. The highest BCUT2D eigenvalue weighted by Crippen LogP contribution is 2.38. The van der Waals surface area contributed by atoms with Gasteiger partial charge in [0.15, 0.2) is 5.16 Å². The van der Waals surface area contributed by atoms with Crippen molar-refractivity contribution in [3.8, 4) is 5.69 Å². The smallest absolute Gasteiger partial charge is 0.346 e. The number of anilines is 1. The number of thiophene rings is 1. The Morgan fingerprint density at radius 1 is 1.12 bits per heavy atom. The average Bonchev–Trinajstić information content (AvgIpc) is 3.41. The van der Waals surface area contributed by atoms with E-state index < -0.39 is 11.8 Å². The molecule has 0 atom stereocenters. The molecule has 2 aromatic heterocycles. The predicted molar refractivity (Wildman–Crippen MR) is 123 cm³/mol. The lowest BCUT2D eigenvalue weighted by molar-refractivity contribution is 0.0701. The van der Waals surface area contributed by atoms with Gasteiger partial charge in [-0.3, -0.25) is 4.57 Å². The first-order valence-corrected chi connectivity index (χ1v) is 11.8. The molecule has 1 fully saturated rings. The van der Waals surface area contributed by atoms with Crippen molar-refractivity contribution >= 4 is 45.1 Å². The standard InChI is InChI=1S/C22H19FN4O3S2/c23-16-7-4-8-17-18(16)15(19(32-17)20(28)29)13-31-22-25-24-21(26-9-11-30-12-10-26)27(22)14-5-2-1-3-6-14/h1-8H,9-13H2,(H,28,29). The van der Waals surface area contributed by atoms with E-state index in [0.29, 0.717) is 53.1 Å². The van der Waals surface area contributed by atoms with Gasteiger partial charge in [0.25, 0.3) is 0 Å². The van der Waals surface area contributed by atoms with Gasteiger partial charge in [0, 0.05) is 28.9 Å². The summed E-state index contributed by atoms with van der Waals surface area (Å²) in [4.78, 5) is 14.1. The fourth-order valence-electron chi connectivity index (χ4n) is 3.74. The van der Waals surface area contributed by atoms with E-state index in [2.05, 4.69) is 15.1 Å². The molecule has 4 aromatic rings. The van der Waals surface area contributed by atoms with Gasteiger partial charge in [-0.1, -0.05) is 36.0 Å². The molecule has 3 heterocycles. The second-order valence-electron chi connectivity index (χ2n) is 7.17. The van der Waals surface area contributed by atoms with Crippen molar-refractivity contribution in [1.82, 2.24) is 14.8 Å². The van der Waals surface area contributed by atoms with E-state index >= 15 is 0 Å². The summed E-state index contributed by atoms with van der Waals surface area (Å²) < 4.78 is 22.6. The summed E-state index contributed by atoms with van der Waals surface area (Å²) in [5.74, 6) is -0.502. The van der Waals surface area contributed by atoms with Crippen LogP contribution >= 0.6 is 23.1 Å². The lowest BCUT2D eigenvalue weighted by Gasteiger charge is -2.27. The van der Waals surface area contributed by atoms with Gasteiger partial charge in [0.1, 0.15) is 10.7 Å². The van der Waals surface area contributed by atoms with Crippen LogP contribution in [0.1, 0.15) is 15.2 Å². The number of carboxylic acid groups (broad SMARTS) is 1. The molecule has 0 spiro atoms. The Bertz CT molecular complexity index is 1270. The first-order chi connectivity index (χ1) is 15.6. The number of benzene rings is 2. The topological polar surface area (TPSA) is 80.5 Å². The highest BCUT2D eigenvalue weighted by Gasteiger charge is 2.24. The van der Waals surface area contributed by atoms with Crippen molar-refractivity contribution in [3.05, 3.63) is 64.8 Å². The SMILES string of the molecule is O=C(O)c1sc2cccc(F)c2c1CSc1nnc(N2CCOCC2)n1-c1ccccc1. The Kier molecular flexibility index (Phi) is 5.81. The number of morpholine rings is 1. The largest absolute Gasteiger partial charge is 0.477 e. The van der Waals surface area contributed by atoms with Crippen molar-refractivity contribution in [2.45, 2.75) is 10.9 Å². The number of aromatic carboxylic acids is 1. The third-order valence-corrected chi connectivity index (χ3v) is 7.37. The van der Waals surface area contributed by atoms with Crippen LogP contribution in [0.25, 0.3) is 15.8 Å². The number of carboxylic acids is 1. The molecule has 0 aliphatic carbocycles. The molecule has 1 aliphatic rings. The Hall–Kier alpha value is -2.95. The summed E-state index contributed by atoms with van der Waals surface area (Å²) in [5.41, 5.74) is 1.37. The zero-order chi connectivity index (χ0) is 22.1. The molecular formula is C22H19FN4O3S2. The number of rotatable bonds is 6. The molecule has 1 saturated heterocycles. The van der Waals surface area contributed by atoms with E-state index in [1.165, 1.54) is 17.8 Å². The highest BCUT2D eigenvalue weighted by molar-refractivity contribution is 7.98. The van der Waals surface area contributed by atoms with Crippen molar-refractivity contribution < 1.29 is 19.0 Å². The second-order valence-corrected chi connectivity index (χ2v) is 9.16.